The average Bonchev–Trinajstić information content (AvgIpc) is 2.72. The zero-order valence-electron chi connectivity index (χ0n) is 9.12. The Labute approximate surface area is 89.2 Å². The highest BCUT2D eigenvalue weighted by Crippen LogP contribution is 2.25. The van der Waals surface area contributed by atoms with E-state index < -0.39 is 5.54 Å². The van der Waals surface area contributed by atoms with Gasteiger partial charge in [0.15, 0.2) is 5.54 Å². The molecule has 2 heterocycles. The second-order valence-corrected chi connectivity index (χ2v) is 4.11. The molecule has 1 aromatic rings. The molecule has 1 aliphatic heterocycles. The Bertz CT molecular complexity index is 347. The maximum atomic E-state index is 12.2. The van der Waals surface area contributed by atoms with Gasteiger partial charge < -0.3 is 9.32 Å². The number of furan rings is 1. The zero-order chi connectivity index (χ0) is 10.9. The Morgan fingerprint density at radius 2 is 2.40 bits per heavy atom. The van der Waals surface area contributed by atoms with Crippen LogP contribution in [0.4, 0.5) is 0 Å². The molecule has 0 aromatic carbocycles. The molecule has 4 nitrogen and oxygen atoms in total. The van der Waals surface area contributed by atoms with Crippen molar-refractivity contribution in [3.63, 3.8) is 0 Å². The molecule has 0 radical (unpaired) electrons. The molecule has 4 heteroatoms. The molecular weight excluding hydrogens is 192 g/mol. The van der Waals surface area contributed by atoms with Crippen molar-refractivity contribution in [2.75, 3.05) is 20.1 Å². The summed E-state index contributed by atoms with van der Waals surface area (Å²) in [6, 6.07) is 3.64. The average molecular weight is 208 g/mol. The predicted molar refractivity (Wildman–Crippen MR) is 56.3 cm³/mol. The molecule has 1 saturated heterocycles. The van der Waals surface area contributed by atoms with Gasteiger partial charge in [-0.25, -0.2) is 0 Å². The fraction of sp³-hybridized carbons (Fsp3) is 0.545. The number of amides is 1. The number of rotatable bonds is 1. The van der Waals surface area contributed by atoms with Gasteiger partial charge in [-0.05, 0) is 32.0 Å². The van der Waals surface area contributed by atoms with Crippen LogP contribution in [-0.2, 0) is 10.3 Å². The summed E-state index contributed by atoms with van der Waals surface area (Å²) < 4.78 is 5.34. The molecule has 2 rings (SSSR count). The maximum absolute atomic E-state index is 12.2. The number of carbonyl (C=O) groups excluding carboxylic acids is 1. The smallest absolute Gasteiger partial charge is 0.250 e. The first-order valence-corrected chi connectivity index (χ1v) is 5.19. The topological polar surface area (TPSA) is 45.5 Å². The number of likely N-dealkylation sites (N-methyl/N-ethyl adjacent to an activating group) is 1. The van der Waals surface area contributed by atoms with E-state index in [1.165, 1.54) is 0 Å². The summed E-state index contributed by atoms with van der Waals surface area (Å²) in [5.41, 5.74) is -0.714. The van der Waals surface area contributed by atoms with Crippen LogP contribution in [0.25, 0.3) is 0 Å². The third kappa shape index (κ3) is 1.65. The van der Waals surface area contributed by atoms with Gasteiger partial charge in [0.05, 0.1) is 6.26 Å². The molecule has 1 aliphatic rings. The fourth-order valence-corrected chi connectivity index (χ4v) is 1.97. The van der Waals surface area contributed by atoms with Crippen LogP contribution in [-0.4, -0.2) is 30.9 Å². The third-order valence-electron chi connectivity index (χ3n) is 2.94. The minimum absolute atomic E-state index is 0.0648. The van der Waals surface area contributed by atoms with Crippen LogP contribution in [0.1, 0.15) is 19.1 Å². The van der Waals surface area contributed by atoms with E-state index in [1.54, 1.807) is 17.2 Å². The molecule has 1 atom stereocenters. The summed E-state index contributed by atoms with van der Waals surface area (Å²) in [6.07, 6.45) is 2.57. The van der Waals surface area contributed by atoms with Crippen LogP contribution < -0.4 is 5.32 Å². The van der Waals surface area contributed by atoms with Crippen molar-refractivity contribution in [1.82, 2.24) is 10.2 Å². The van der Waals surface area contributed by atoms with E-state index >= 15 is 0 Å². The van der Waals surface area contributed by atoms with E-state index in [1.807, 2.05) is 20.0 Å². The number of carbonyl (C=O) groups is 1. The molecule has 1 aromatic heterocycles. The van der Waals surface area contributed by atoms with E-state index in [2.05, 4.69) is 5.32 Å². The third-order valence-corrected chi connectivity index (χ3v) is 2.94. The highest BCUT2D eigenvalue weighted by Gasteiger charge is 2.40. The van der Waals surface area contributed by atoms with Crippen LogP contribution in [0.5, 0.6) is 0 Å². The van der Waals surface area contributed by atoms with Crippen LogP contribution in [0.2, 0.25) is 0 Å². The molecule has 82 valence electrons. The predicted octanol–water partition coefficient (Wildman–Crippen LogP) is 0.947. The second kappa shape index (κ2) is 3.70. The lowest BCUT2D eigenvalue weighted by molar-refractivity contribution is -0.136. The highest BCUT2D eigenvalue weighted by atomic mass is 16.3. The van der Waals surface area contributed by atoms with Crippen molar-refractivity contribution in [2.45, 2.75) is 18.9 Å². The summed E-state index contributed by atoms with van der Waals surface area (Å²) in [5.74, 6) is 0.746. The van der Waals surface area contributed by atoms with E-state index in [-0.39, 0.29) is 5.91 Å². The molecule has 1 unspecified atom stereocenters. The Morgan fingerprint density at radius 3 is 3.07 bits per heavy atom. The lowest BCUT2D eigenvalue weighted by Gasteiger charge is -2.28. The molecule has 0 aliphatic carbocycles. The zero-order valence-corrected chi connectivity index (χ0v) is 9.12. The first-order valence-electron chi connectivity index (χ1n) is 5.19. The lowest BCUT2D eigenvalue weighted by atomic mass is 9.97. The summed E-state index contributed by atoms with van der Waals surface area (Å²) in [7, 11) is 1.83. The van der Waals surface area contributed by atoms with Gasteiger partial charge in [-0.2, -0.15) is 0 Å². The van der Waals surface area contributed by atoms with E-state index in [9.17, 15) is 4.79 Å². The van der Waals surface area contributed by atoms with Gasteiger partial charge in [0.2, 0.25) is 5.91 Å². The quantitative estimate of drug-likeness (QED) is 0.747. The molecular formula is C11H16N2O2. The van der Waals surface area contributed by atoms with Gasteiger partial charge in [-0.1, -0.05) is 0 Å². The van der Waals surface area contributed by atoms with Crippen molar-refractivity contribution in [1.29, 1.82) is 0 Å². The maximum Gasteiger partial charge on any atom is 0.250 e. The number of nitrogens with one attached hydrogen (secondary N) is 1. The second-order valence-electron chi connectivity index (χ2n) is 4.11. The van der Waals surface area contributed by atoms with Crippen molar-refractivity contribution in [3.05, 3.63) is 24.2 Å². The Morgan fingerprint density at radius 1 is 1.60 bits per heavy atom. The molecule has 0 saturated carbocycles. The van der Waals surface area contributed by atoms with E-state index in [0.717, 1.165) is 19.5 Å². The lowest BCUT2D eigenvalue weighted by Crippen LogP contribution is -2.50. The van der Waals surface area contributed by atoms with Gasteiger partial charge in [0, 0.05) is 13.6 Å². The Balaban J connectivity index is 2.35. The van der Waals surface area contributed by atoms with Crippen LogP contribution in [0, 0.1) is 0 Å². The summed E-state index contributed by atoms with van der Waals surface area (Å²) in [5, 5.41) is 3.26. The van der Waals surface area contributed by atoms with E-state index in [4.69, 9.17) is 4.42 Å². The molecule has 1 amide bonds. The Kier molecular flexibility index (Phi) is 2.52. The van der Waals surface area contributed by atoms with Gasteiger partial charge in [0.1, 0.15) is 5.76 Å². The first kappa shape index (κ1) is 10.2. The molecule has 0 spiro atoms. The van der Waals surface area contributed by atoms with Gasteiger partial charge in [0.25, 0.3) is 0 Å². The molecule has 0 bridgehead atoms. The monoisotopic (exact) mass is 208 g/mol. The van der Waals surface area contributed by atoms with Crippen LogP contribution in [0.3, 0.4) is 0 Å². The summed E-state index contributed by atoms with van der Waals surface area (Å²) in [4.78, 5) is 13.9. The number of hydrogen-bond acceptors (Lipinski definition) is 3. The molecule has 15 heavy (non-hydrogen) atoms. The fourth-order valence-electron chi connectivity index (χ4n) is 1.97. The SMILES string of the molecule is CN1CCCNC(C)(c2ccco2)C1=O. The number of nitrogens with zero attached hydrogens (tertiary/aromatic N) is 1. The highest BCUT2D eigenvalue weighted by molar-refractivity contribution is 5.86. The minimum atomic E-state index is -0.714. The normalized spacial score (nSPS) is 27.9. The molecule has 1 N–H and O–H groups in total. The van der Waals surface area contributed by atoms with Crippen molar-refractivity contribution < 1.29 is 9.21 Å². The summed E-state index contributed by atoms with van der Waals surface area (Å²) in [6.45, 7) is 3.49. The standard InChI is InChI=1S/C11H16N2O2/c1-11(9-5-3-8-15-9)10(14)13(2)7-4-6-12-11/h3,5,8,12H,4,6-7H2,1-2H3. The van der Waals surface area contributed by atoms with Gasteiger partial charge in [-0.3, -0.25) is 10.1 Å². The van der Waals surface area contributed by atoms with Crippen molar-refractivity contribution >= 4 is 5.91 Å². The van der Waals surface area contributed by atoms with Crippen molar-refractivity contribution in [3.8, 4) is 0 Å². The largest absolute Gasteiger partial charge is 0.467 e. The summed E-state index contributed by atoms with van der Waals surface area (Å²) >= 11 is 0. The van der Waals surface area contributed by atoms with Crippen LogP contribution >= 0.6 is 0 Å². The van der Waals surface area contributed by atoms with Crippen LogP contribution in [0.15, 0.2) is 22.8 Å². The van der Waals surface area contributed by atoms with Gasteiger partial charge >= 0.3 is 0 Å². The van der Waals surface area contributed by atoms with Gasteiger partial charge in [-0.15, -0.1) is 0 Å². The minimum Gasteiger partial charge on any atom is -0.467 e. The molecule has 1 fully saturated rings. The first-order chi connectivity index (χ1) is 7.14. The Hall–Kier alpha value is -1.29. The number of hydrogen-bond donors (Lipinski definition) is 1. The van der Waals surface area contributed by atoms with E-state index in [0.29, 0.717) is 5.76 Å². The van der Waals surface area contributed by atoms with Crippen molar-refractivity contribution in [2.24, 2.45) is 0 Å².